The Morgan fingerprint density at radius 3 is 2.48 bits per heavy atom. The lowest BCUT2D eigenvalue weighted by Crippen LogP contribution is -2.29. The predicted octanol–water partition coefficient (Wildman–Crippen LogP) is 3.17. The number of anilines is 1. The number of benzene rings is 1. The molecular formula is C17H21N3O3. The fourth-order valence-electron chi connectivity index (χ4n) is 2.39. The SMILES string of the molecule is CCN(CC(O)c1ccc(C)cc1)c1cc(C)c([N+](=O)[O-])cn1. The highest BCUT2D eigenvalue weighted by Crippen LogP contribution is 2.23. The molecule has 0 aliphatic heterocycles. The predicted molar refractivity (Wildman–Crippen MR) is 89.7 cm³/mol. The Bertz CT molecular complexity index is 686. The average molecular weight is 315 g/mol. The lowest BCUT2D eigenvalue weighted by Gasteiger charge is -2.25. The Balaban J connectivity index is 2.18. The van der Waals surface area contributed by atoms with E-state index in [1.54, 1.807) is 13.0 Å². The van der Waals surface area contributed by atoms with Gasteiger partial charge in [-0.15, -0.1) is 0 Å². The zero-order valence-corrected chi connectivity index (χ0v) is 13.6. The van der Waals surface area contributed by atoms with E-state index >= 15 is 0 Å². The van der Waals surface area contributed by atoms with E-state index in [2.05, 4.69) is 4.98 Å². The van der Waals surface area contributed by atoms with Gasteiger partial charge in [-0.2, -0.15) is 0 Å². The summed E-state index contributed by atoms with van der Waals surface area (Å²) in [5, 5.41) is 21.3. The zero-order chi connectivity index (χ0) is 17.0. The van der Waals surface area contributed by atoms with Gasteiger partial charge in [0, 0.05) is 18.7 Å². The van der Waals surface area contributed by atoms with Crippen LogP contribution < -0.4 is 4.90 Å². The number of nitrogens with zero attached hydrogens (tertiary/aromatic N) is 3. The van der Waals surface area contributed by atoms with Gasteiger partial charge in [0.25, 0.3) is 5.69 Å². The summed E-state index contributed by atoms with van der Waals surface area (Å²) in [5.41, 5.74) is 2.54. The summed E-state index contributed by atoms with van der Waals surface area (Å²) in [6.07, 6.45) is 0.624. The molecular weight excluding hydrogens is 294 g/mol. The molecule has 0 saturated heterocycles. The van der Waals surface area contributed by atoms with Gasteiger partial charge in [0.1, 0.15) is 12.0 Å². The van der Waals surface area contributed by atoms with E-state index in [0.29, 0.717) is 24.5 Å². The third-order valence-electron chi connectivity index (χ3n) is 3.83. The Kier molecular flexibility index (Phi) is 5.28. The minimum atomic E-state index is -0.646. The maximum Gasteiger partial charge on any atom is 0.290 e. The van der Waals surface area contributed by atoms with Crippen molar-refractivity contribution in [3.05, 3.63) is 63.3 Å². The van der Waals surface area contributed by atoms with Crippen molar-refractivity contribution in [3.8, 4) is 0 Å². The lowest BCUT2D eigenvalue weighted by atomic mass is 10.1. The van der Waals surface area contributed by atoms with Crippen LogP contribution in [-0.4, -0.2) is 28.1 Å². The molecule has 1 N–H and O–H groups in total. The minimum Gasteiger partial charge on any atom is -0.387 e. The molecule has 1 aromatic heterocycles. The van der Waals surface area contributed by atoms with Gasteiger partial charge in [-0.25, -0.2) is 4.98 Å². The van der Waals surface area contributed by atoms with Crippen molar-refractivity contribution in [2.24, 2.45) is 0 Å². The zero-order valence-electron chi connectivity index (χ0n) is 13.6. The second kappa shape index (κ2) is 7.19. The average Bonchev–Trinajstić information content (AvgIpc) is 2.52. The first-order valence-electron chi connectivity index (χ1n) is 7.53. The van der Waals surface area contributed by atoms with Crippen molar-refractivity contribution in [1.82, 2.24) is 4.98 Å². The van der Waals surface area contributed by atoms with Crippen LogP contribution in [0.2, 0.25) is 0 Å². The Morgan fingerprint density at radius 2 is 1.96 bits per heavy atom. The van der Waals surface area contributed by atoms with Crippen LogP contribution in [0.4, 0.5) is 11.5 Å². The molecule has 6 nitrogen and oxygen atoms in total. The number of aromatic nitrogens is 1. The summed E-state index contributed by atoms with van der Waals surface area (Å²) in [6, 6.07) is 9.42. The van der Waals surface area contributed by atoms with E-state index in [1.807, 2.05) is 43.0 Å². The number of nitro groups is 1. The molecule has 0 aliphatic carbocycles. The van der Waals surface area contributed by atoms with E-state index in [-0.39, 0.29) is 5.69 Å². The Morgan fingerprint density at radius 1 is 1.30 bits per heavy atom. The normalized spacial score (nSPS) is 12.0. The van der Waals surface area contributed by atoms with Crippen LogP contribution in [0, 0.1) is 24.0 Å². The fourth-order valence-corrected chi connectivity index (χ4v) is 2.39. The molecule has 0 saturated carbocycles. The van der Waals surface area contributed by atoms with Gasteiger partial charge >= 0.3 is 0 Å². The number of pyridine rings is 1. The Labute approximate surface area is 135 Å². The van der Waals surface area contributed by atoms with E-state index in [1.165, 1.54) is 6.20 Å². The minimum absolute atomic E-state index is 0.00360. The summed E-state index contributed by atoms with van der Waals surface area (Å²) in [4.78, 5) is 16.5. The molecule has 0 aliphatic rings. The van der Waals surface area contributed by atoms with Crippen LogP contribution in [0.5, 0.6) is 0 Å². The Hall–Kier alpha value is -2.47. The fraction of sp³-hybridized carbons (Fsp3) is 0.353. The van der Waals surface area contributed by atoms with Crippen molar-refractivity contribution >= 4 is 11.5 Å². The van der Waals surface area contributed by atoms with Gasteiger partial charge in [-0.3, -0.25) is 10.1 Å². The maximum absolute atomic E-state index is 10.9. The van der Waals surface area contributed by atoms with Crippen LogP contribution in [0.1, 0.15) is 29.7 Å². The quantitative estimate of drug-likeness (QED) is 0.654. The summed E-state index contributed by atoms with van der Waals surface area (Å²) in [5.74, 6) is 0.627. The lowest BCUT2D eigenvalue weighted by molar-refractivity contribution is -0.385. The summed E-state index contributed by atoms with van der Waals surface area (Å²) in [6.45, 7) is 6.67. The van der Waals surface area contributed by atoms with E-state index in [4.69, 9.17) is 0 Å². The highest BCUT2D eigenvalue weighted by atomic mass is 16.6. The van der Waals surface area contributed by atoms with Crippen LogP contribution in [0.3, 0.4) is 0 Å². The van der Waals surface area contributed by atoms with Gasteiger partial charge in [-0.1, -0.05) is 29.8 Å². The van der Waals surface area contributed by atoms with Gasteiger partial charge in [0.05, 0.1) is 11.0 Å². The van der Waals surface area contributed by atoms with Crippen molar-refractivity contribution in [2.75, 3.05) is 18.0 Å². The topological polar surface area (TPSA) is 79.5 Å². The molecule has 1 heterocycles. The second-order valence-corrected chi connectivity index (χ2v) is 5.55. The van der Waals surface area contributed by atoms with Gasteiger partial charge in [0.15, 0.2) is 0 Å². The monoisotopic (exact) mass is 315 g/mol. The highest BCUT2D eigenvalue weighted by molar-refractivity contribution is 5.48. The van der Waals surface area contributed by atoms with Crippen molar-refractivity contribution in [2.45, 2.75) is 26.9 Å². The third-order valence-corrected chi connectivity index (χ3v) is 3.83. The largest absolute Gasteiger partial charge is 0.387 e. The number of hydrogen-bond acceptors (Lipinski definition) is 5. The number of aliphatic hydroxyl groups excluding tert-OH is 1. The molecule has 122 valence electrons. The van der Waals surface area contributed by atoms with E-state index in [9.17, 15) is 15.2 Å². The molecule has 23 heavy (non-hydrogen) atoms. The van der Waals surface area contributed by atoms with Crippen molar-refractivity contribution in [1.29, 1.82) is 0 Å². The van der Waals surface area contributed by atoms with Crippen LogP contribution in [0.25, 0.3) is 0 Å². The summed E-state index contributed by atoms with van der Waals surface area (Å²) >= 11 is 0. The van der Waals surface area contributed by atoms with Crippen LogP contribution in [-0.2, 0) is 0 Å². The number of aryl methyl sites for hydroxylation is 2. The number of likely N-dealkylation sites (N-methyl/N-ethyl adjacent to an activating group) is 1. The molecule has 0 spiro atoms. The van der Waals surface area contributed by atoms with E-state index in [0.717, 1.165) is 11.1 Å². The summed E-state index contributed by atoms with van der Waals surface area (Å²) < 4.78 is 0. The maximum atomic E-state index is 10.9. The third kappa shape index (κ3) is 4.04. The molecule has 1 unspecified atom stereocenters. The van der Waals surface area contributed by atoms with Crippen LogP contribution in [0.15, 0.2) is 36.5 Å². The molecule has 1 atom stereocenters. The highest BCUT2D eigenvalue weighted by Gasteiger charge is 2.17. The molecule has 0 amide bonds. The number of rotatable bonds is 6. The van der Waals surface area contributed by atoms with E-state index < -0.39 is 11.0 Å². The summed E-state index contributed by atoms with van der Waals surface area (Å²) in [7, 11) is 0. The molecule has 0 radical (unpaired) electrons. The van der Waals surface area contributed by atoms with Crippen molar-refractivity contribution in [3.63, 3.8) is 0 Å². The molecule has 2 rings (SSSR count). The molecule has 1 aromatic carbocycles. The molecule has 6 heteroatoms. The second-order valence-electron chi connectivity index (χ2n) is 5.55. The van der Waals surface area contributed by atoms with Gasteiger partial charge < -0.3 is 10.0 Å². The number of aliphatic hydroxyl groups is 1. The smallest absolute Gasteiger partial charge is 0.290 e. The number of hydrogen-bond donors (Lipinski definition) is 1. The van der Waals surface area contributed by atoms with Crippen LogP contribution >= 0.6 is 0 Å². The molecule has 0 fully saturated rings. The molecule has 2 aromatic rings. The first-order chi connectivity index (χ1) is 10.9. The first kappa shape index (κ1) is 16.9. The molecule has 0 bridgehead atoms. The van der Waals surface area contributed by atoms with Crippen molar-refractivity contribution < 1.29 is 10.0 Å². The van der Waals surface area contributed by atoms with Gasteiger partial charge in [0.2, 0.25) is 0 Å². The standard InChI is InChI=1S/C17H21N3O3/c1-4-19(11-16(21)14-7-5-12(2)6-8-14)17-9-13(3)15(10-18-17)20(22)23/h5-10,16,21H,4,11H2,1-3H3. The van der Waals surface area contributed by atoms with Gasteiger partial charge in [-0.05, 0) is 32.4 Å². The first-order valence-corrected chi connectivity index (χ1v) is 7.53.